The fourth-order valence-corrected chi connectivity index (χ4v) is 2.81. The van der Waals surface area contributed by atoms with Gasteiger partial charge in [0.25, 0.3) is 0 Å². The topological polar surface area (TPSA) is 55.1 Å². The van der Waals surface area contributed by atoms with Crippen molar-refractivity contribution in [1.82, 2.24) is 9.55 Å². The zero-order valence-electron chi connectivity index (χ0n) is 10.8. The van der Waals surface area contributed by atoms with Gasteiger partial charge in [-0.3, -0.25) is 4.79 Å². The van der Waals surface area contributed by atoms with Gasteiger partial charge in [0.2, 0.25) is 0 Å². The molecule has 100 valence electrons. The summed E-state index contributed by atoms with van der Waals surface area (Å²) in [6, 6.07) is 0.621. The summed E-state index contributed by atoms with van der Waals surface area (Å²) in [7, 11) is 0. The fourth-order valence-electron chi connectivity index (χ4n) is 2.81. The van der Waals surface area contributed by atoms with Gasteiger partial charge in [-0.15, -0.1) is 0 Å². The Bertz CT molecular complexity index is 387. The van der Waals surface area contributed by atoms with Crippen LogP contribution in [0.3, 0.4) is 0 Å². The van der Waals surface area contributed by atoms with Gasteiger partial charge < -0.3 is 9.67 Å². The van der Waals surface area contributed by atoms with Gasteiger partial charge in [0, 0.05) is 24.4 Å². The maximum Gasteiger partial charge on any atom is 0.303 e. The normalized spacial score (nSPS) is 18.6. The minimum atomic E-state index is -0.676. The number of carbonyl (C=O) groups is 1. The van der Waals surface area contributed by atoms with Gasteiger partial charge in [-0.05, 0) is 32.1 Å². The van der Waals surface area contributed by atoms with Crippen LogP contribution in [-0.2, 0) is 11.2 Å². The Balaban J connectivity index is 1.65. The summed E-state index contributed by atoms with van der Waals surface area (Å²) < 4.78 is 2.33. The predicted octanol–water partition coefficient (Wildman–Crippen LogP) is 3.19. The highest BCUT2D eigenvalue weighted by atomic mass is 16.4. The molecule has 0 amide bonds. The molecule has 1 aliphatic heterocycles. The molecule has 0 spiro atoms. The van der Waals surface area contributed by atoms with E-state index < -0.39 is 5.97 Å². The van der Waals surface area contributed by atoms with Crippen LogP contribution in [0.2, 0.25) is 0 Å². The van der Waals surface area contributed by atoms with Crippen molar-refractivity contribution in [3.63, 3.8) is 0 Å². The van der Waals surface area contributed by atoms with Crippen molar-refractivity contribution in [2.24, 2.45) is 0 Å². The third kappa shape index (κ3) is 3.59. The van der Waals surface area contributed by atoms with Crippen LogP contribution >= 0.6 is 0 Å². The molecule has 18 heavy (non-hydrogen) atoms. The Morgan fingerprint density at radius 2 is 2.22 bits per heavy atom. The second kappa shape index (κ2) is 6.57. The van der Waals surface area contributed by atoms with Crippen molar-refractivity contribution in [1.29, 1.82) is 0 Å². The first-order valence-electron chi connectivity index (χ1n) is 7.00. The van der Waals surface area contributed by atoms with Crippen molar-refractivity contribution >= 4 is 5.97 Å². The number of imidazole rings is 1. The largest absolute Gasteiger partial charge is 0.481 e. The molecule has 1 unspecified atom stereocenters. The molecule has 2 heterocycles. The van der Waals surface area contributed by atoms with Gasteiger partial charge in [-0.1, -0.05) is 19.3 Å². The second-order valence-corrected chi connectivity index (χ2v) is 5.18. The maximum absolute atomic E-state index is 10.4. The molecule has 1 aromatic rings. The summed E-state index contributed by atoms with van der Waals surface area (Å²) in [6.07, 6.45) is 13.4. The van der Waals surface area contributed by atoms with Gasteiger partial charge in [0.1, 0.15) is 0 Å². The highest BCUT2D eigenvalue weighted by Gasteiger charge is 2.18. The Morgan fingerprint density at radius 1 is 1.39 bits per heavy atom. The molecule has 1 aromatic heterocycles. The number of nitrogens with zero attached hydrogens (tertiary/aromatic N) is 2. The molecule has 4 heteroatoms. The van der Waals surface area contributed by atoms with Crippen molar-refractivity contribution < 1.29 is 9.90 Å². The molecule has 0 aromatic carbocycles. The molecule has 1 atom stereocenters. The molecule has 0 fully saturated rings. The zero-order chi connectivity index (χ0) is 12.8. The number of hydrogen-bond donors (Lipinski definition) is 1. The predicted molar refractivity (Wildman–Crippen MR) is 69.5 cm³/mol. The van der Waals surface area contributed by atoms with E-state index >= 15 is 0 Å². The number of hydrogen-bond acceptors (Lipinski definition) is 2. The first-order valence-corrected chi connectivity index (χ1v) is 7.00. The van der Waals surface area contributed by atoms with E-state index in [4.69, 9.17) is 5.11 Å². The lowest BCUT2D eigenvalue weighted by atomic mass is 9.97. The number of fused-ring (bicyclic) bond motifs is 1. The lowest BCUT2D eigenvalue weighted by Crippen LogP contribution is -2.16. The molecular weight excluding hydrogens is 228 g/mol. The van der Waals surface area contributed by atoms with Gasteiger partial charge in [-0.2, -0.15) is 0 Å². The molecule has 1 N–H and O–H groups in total. The monoisotopic (exact) mass is 250 g/mol. The SMILES string of the molecule is O=C(O)CCCCCCC1CCCc2cncn21. The number of rotatable bonds is 7. The number of carboxylic acid groups (broad SMARTS) is 1. The number of aryl methyl sites for hydroxylation is 1. The average Bonchev–Trinajstić information content (AvgIpc) is 2.82. The van der Waals surface area contributed by atoms with E-state index in [1.165, 1.54) is 31.4 Å². The Kier molecular flexibility index (Phi) is 4.79. The van der Waals surface area contributed by atoms with E-state index in [-0.39, 0.29) is 0 Å². The van der Waals surface area contributed by atoms with E-state index in [9.17, 15) is 4.79 Å². The maximum atomic E-state index is 10.4. The highest BCUT2D eigenvalue weighted by Crippen LogP contribution is 2.28. The van der Waals surface area contributed by atoms with Crippen molar-refractivity contribution in [2.45, 2.75) is 63.8 Å². The Labute approximate surface area is 108 Å². The summed E-state index contributed by atoms with van der Waals surface area (Å²) in [5, 5.41) is 8.55. The summed E-state index contributed by atoms with van der Waals surface area (Å²) in [5.74, 6) is -0.676. The lowest BCUT2D eigenvalue weighted by molar-refractivity contribution is -0.137. The number of carboxylic acids is 1. The standard InChI is InChI=1S/C14H22N2O2/c17-14(18)9-4-2-1-3-6-12-7-5-8-13-10-15-11-16(12)13/h10-12H,1-9H2,(H,17,18). The summed E-state index contributed by atoms with van der Waals surface area (Å²) in [6.45, 7) is 0. The second-order valence-electron chi connectivity index (χ2n) is 5.18. The third-order valence-electron chi connectivity index (χ3n) is 3.79. The van der Waals surface area contributed by atoms with Crippen LogP contribution in [0.5, 0.6) is 0 Å². The minimum Gasteiger partial charge on any atom is -0.481 e. The summed E-state index contributed by atoms with van der Waals surface area (Å²) >= 11 is 0. The van der Waals surface area contributed by atoms with E-state index in [0.717, 1.165) is 25.7 Å². The molecule has 0 saturated carbocycles. The quantitative estimate of drug-likeness (QED) is 0.756. The first-order chi connectivity index (χ1) is 8.77. The zero-order valence-corrected chi connectivity index (χ0v) is 10.8. The van der Waals surface area contributed by atoms with E-state index in [1.807, 2.05) is 12.5 Å². The molecule has 0 saturated heterocycles. The van der Waals surface area contributed by atoms with Crippen LogP contribution in [0.15, 0.2) is 12.5 Å². The number of aromatic nitrogens is 2. The van der Waals surface area contributed by atoms with Gasteiger partial charge in [0.05, 0.1) is 6.33 Å². The lowest BCUT2D eigenvalue weighted by Gasteiger charge is -2.25. The molecule has 0 radical (unpaired) electrons. The first kappa shape index (κ1) is 13.1. The Hall–Kier alpha value is -1.32. The van der Waals surface area contributed by atoms with E-state index in [0.29, 0.717) is 12.5 Å². The molecule has 0 bridgehead atoms. The number of unbranched alkanes of at least 4 members (excludes halogenated alkanes) is 3. The summed E-state index contributed by atoms with van der Waals surface area (Å²) in [5.41, 5.74) is 1.37. The van der Waals surface area contributed by atoms with Crippen molar-refractivity contribution in [3.05, 3.63) is 18.2 Å². The molecule has 4 nitrogen and oxygen atoms in total. The van der Waals surface area contributed by atoms with Crippen LogP contribution < -0.4 is 0 Å². The van der Waals surface area contributed by atoms with Gasteiger partial charge in [-0.25, -0.2) is 4.98 Å². The number of aliphatic carboxylic acids is 1. The molecule has 1 aliphatic rings. The smallest absolute Gasteiger partial charge is 0.303 e. The summed E-state index contributed by atoms with van der Waals surface area (Å²) in [4.78, 5) is 14.6. The van der Waals surface area contributed by atoms with Gasteiger partial charge >= 0.3 is 5.97 Å². The molecular formula is C14H22N2O2. The average molecular weight is 250 g/mol. The molecule has 0 aliphatic carbocycles. The van der Waals surface area contributed by atoms with Crippen molar-refractivity contribution in [2.75, 3.05) is 0 Å². The Morgan fingerprint density at radius 3 is 3.06 bits per heavy atom. The van der Waals surface area contributed by atoms with E-state index in [1.54, 1.807) is 0 Å². The fraction of sp³-hybridized carbons (Fsp3) is 0.714. The van der Waals surface area contributed by atoms with Crippen LogP contribution in [0.4, 0.5) is 0 Å². The molecule has 2 rings (SSSR count). The van der Waals surface area contributed by atoms with Gasteiger partial charge in [0.15, 0.2) is 0 Å². The minimum absolute atomic E-state index is 0.315. The van der Waals surface area contributed by atoms with Crippen LogP contribution in [0.1, 0.15) is 63.1 Å². The van der Waals surface area contributed by atoms with E-state index in [2.05, 4.69) is 9.55 Å². The van der Waals surface area contributed by atoms with Crippen LogP contribution in [0, 0.1) is 0 Å². The van der Waals surface area contributed by atoms with Crippen molar-refractivity contribution in [3.8, 4) is 0 Å². The third-order valence-corrected chi connectivity index (χ3v) is 3.79. The highest BCUT2D eigenvalue weighted by molar-refractivity contribution is 5.66. The van der Waals surface area contributed by atoms with Crippen LogP contribution in [-0.4, -0.2) is 20.6 Å². The van der Waals surface area contributed by atoms with Crippen LogP contribution in [0.25, 0.3) is 0 Å².